The Kier molecular flexibility index (Phi) is 2.95. The molecular weight excluding hydrogens is 204 g/mol. The fraction of sp³-hybridized carbons (Fsp3) is 0.308. The first kappa shape index (κ1) is 10.7. The Morgan fingerprint density at radius 3 is 2.44 bits per heavy atom. The number of benzene rings is 1. The molecule has 1 aliphatic heterocycles. The largest absolute Gasteiger partial charge is 0.491 e. The molecule has 1 aliphatic rings. The van der Waals surface area contributed by atoms with E-state index in [1.807, 2.05) is 38.1 Å². The zero-order chi connectivity index (χ0) is 11.5. The van der Waals surface area contributed by atoms with Crippen molar-refractivity contribution < 1.29 is 14.3 Å². The van der Waals surface area contributed by atoms with Crippen molar-refractivity contribution in [2.75, 3.05) is 6.61 Å². The van der Waals surface area contributed by atoms with Crippen molar-refractivity contribution in [1.29, 1.82) is 0 Å². The first-order chi connectivity index (χ1) is 7.66. The summed E-state index contributed by atoms with van der Waals surface area (Å²) in [7, 11) is 0. The summed E-state index contributed by atoms with van der Waals surface area (Å²) < 4.78 is 10.4. The third-order valence-corrected chi connectivity index (χ3v) is 2.26. The van der Waals surface area contributed by atoms with Crippen LogP contribution in [-0.2, 0) is 9.53 Å². The fourth-order valence-corrected chi connectivity index (χ4v) is 1.58. The fourth-order valence-electron chi connectivity index (χ4n) is 1.58. The summed E-state index contributed by atoms with van der Waals surface area (Å²) in [5, 5.41) is 0. The zero-order valence-electron chi connectivity index (χ0n) is 9.40. The summed E-state index contributed by atoms with van der Waals surface area (Å²) in [6.07, 6.45) is 1.95. The predicted molar refractivity (Wildman–Crippen MR) is 61.1 cm³/mol. The number of hydrogen-bond acceptors (Lipinski definition) is 3. The lowest BCUT2D eigenvalue weighted by atomic mass is 10.1. The SMILES string of the molecule is CC(C)Oc1ccc(C2=CCOC2=O)cc1. The lowest BCUT2D eigenvalue weighted by Crippen LogP contribution is -2.05. The van der Waals surface area contributed by atoms with Crippen LogP contribution in [0.3, 0.4) is 0 Å². The van der Waals surface area contributed by atoms with Gasteiger partial charge in [0.2, 0.25) is 0 Å². The van der Waals surface area contributed by atoms with E-state index in [2.05, 4.69) is 0 Å². The molecule has 16 heavy (non-hydrogen) atoms. The second-order valence-corrected chi connectivity index (χ2v) is 3.91. The highest BCUT2D eigenvalue weighted by atomic mass is 16.5. The molecule has 0 aromatic heterocycles. The highest BCUT2D eigenvalue weighted by molar-refractivity contribution is 6.18. The molecule has 0 N–H and O–H groups in total. The van der Waals surface area contributed by atoms with Crippen molar-refractivity contribution in [3.05, 3.63) is 35.9 Å². The maximum Gasteiger partial charge on any atom is 0.338 e. The Morgan fingerprint density at radius 2 is 1.94 bits per heavy atom. The lowest BCUT2D eigenvalue weighted by Gasteiger charge is -2.09. The Bertz CT molecular complexity index is 415. The molecule has 0 aliphatic carbocycles. The van der Waals surface area contributed by atoms with Gasteiger partial charge >= 0.3 is 5.97 Å². The second kappa shape index (κ2) is 4.39. The maximum absolute atomic E-state index is 11.3. The summed E-state index contributed by atoms with van der Waals surface area (Å²) in [6.45, 7) is 4.33. The van der Waals surface area contributed by atoms with Crippen molar-refractivity contribution in [3.8, 4) is 5.75 Å². The molecule has 0 bridgehead atoms. The van der Waals surface area contributed by atoms with Gasteiger partial charge in [-0.3, -0.25) is 0 Å². The van der Waals surface area contributed by atoms with Crippen molar-refractivity contribution in [3.63, 3.8) is 0 Å². The molecule has 0 atom stereocenters. The highest BCUT2D eigenvalue weighted by Crippen LogP contribution is 2.23. The molecule has 0 saturated heterocycles. The van der Waals surface area contributed by atoms with E-state index in [-0.39, 0.29) is 12.1 Å². The Balaban J connectivity index is 2.16. The molecule has 0 unspecified atom stereocenters. The second-order valence-electron chi connectivity index (χ2n) is 3.91. The molecule has 0 fully saturated rings. The van der Waals surface area contributed by atoms with Gasteiger partial charge in [0.1, 0.15) is 12.4 Å². The minimum atomic E-state index is -0.252. The number of esters is 1. The van der Waals surface area contributed by atoms with Gasteiger partial charge in [-0.15, -0.1) is 0 Å². The van der Waals surface area contributed by atoms with Gasteiger partial charge in [-0.2, -0.15) is 0 Å². The van der Waals surface area contributed by atoms with Gasteiger partial charge in [-0.05, 0) is 37.6 Å². The van der Waals surface area contributed by atoms with Crippen LogP contribution in [-0.4, -0.2) is 18.7 Å². The van der Waals surface area contributed by atoms with Gasteiger partial charge in [0.15, 0.2) is 0 Å². The molecule has 1 aromatic carbocycles. The molecule has 3 heteroatoms. The van der Waals surface area contributed by atoms with Crippen molar-refractivity contribution >= 4 is 11.5 Å². The van der Waals surface area contributed by atoms with Crippen LogP contribution in [0.25, 0.3) is 5.57 Å². The predicted octanol–water partition coefficient (Wildman–Crippen LogP) is 2.41. The minimum absolute atomic E-state index is 0.154. The van der Waals surface area contributed by atoms with E-state index in [0.29, 0.717) is 12.2 Å². The molecule has 2 rings (SSSR count). The number of rotatable bonds is 3. The van der Waals surface area contributed by atoms with E-state index in [0.717, 1.165) is 11.3 Å². The molecule has 1 aromatic rings. The van der Waals surface area contributed by atoms with Crippen LogP contribution in [0.2, 0.25) is 0 Å². The van der Waals surface area contributed by atoms with E-state index >= 15 is 0 Å². The van der Waals surface area contributed by atoms with Crippen LogP contribution in [0.15, 0.2) is 30.3 Å². The lowest BCUT2D eigenvalue weighted by molar-refractivity contribution is -0.133. The molecule has 0 saturated carbocycles. The minimum Gasteiger partial charge on any atom is -0.491 e. The average Bonchev–Trinajstić information content (AvgIpc) is 2.65. The standard InChI is InChI=1S/C13H14O3/c1-9(2)16-11-5-3-10(4-6-11)12-7-8-15-13(12)14/h3-7,9H,8H2,1-2H3. The maximum atomic E-state index is 11.3. The molecule has 3 nitrogen and oxygen atoms in total. The highest BCUT2D eigenvalue weighted by Gasteiger charge is 2.18. The number of carbonyl (C=O) groups is 1. The smallest absolute Gasteiger partial charge is 0.338 e. The van der Waals surface area contributed by atoms with E-state index in [1.165, 1.54) is 0 Å². The quantitative estimate of drug-likeness (QED) is 0.731. The van der Waals surface area contributed by atoms with E-state index in [9.17, 15) is 4.79 Å². The van der Waals surface area contributed by atoms with Gasteiger partial charge in [0.25, 0.3) is 0 Å². The molecular formula is C13H14O3. The van der Waals surface area contributed by atoms with Crippen LogP contribution in [0.5, 0.6) is 5.75 Å². The summed E-state index contributed by atoms with van der Waals surface area (Å²) in [6, 6.07) is 7.47. The average molecular weight is 218 g/mol. The topological polar surface area (TPSA) is 35.5 Å². The summed E-state index contributed by atoms with van der Waals surface area (Å²) in [4.78, 5) is 11.3. The molecule has 0 spiro atoms. The van der Waals surface area contributed by atoms with Crippen molar-refractivity contribution in [2.45, 2.75) is 20.0 Å². The van der Waals surface area contributed by atoms with Crippen LogP contribution < -0.4 is 4.74 Å². The molecule has 84 valence electrons. The van der Waals surface area contributed by atoms with Crippen LogP contribution in [0, 0.1) is 0 Å². The summed E-state index contributed by atoms with van der Waals surface area (Å²) in [5.41, 5.74) is 1.51. The third kappa shape index (κ3) is 2.24. The monoisotopic (exact) mass is 218 g/mol. The Hall–Kier alpha value is -1.77. The Morgan fingerprint density at radius 1 is 1.25 bits per heavy atom. The molecule has 0 radical (unpaired) electrons. The van der Waals surface area contributed by atoms with E-state index in [4.69, 9.17) is 9.47 Å². The number of ether oxygens (including phenoxy) is 2. The zero-order valence-corrected chi connectivity index (χ0v) is 9.40. The normalized spacial score (nSPS) is 14.9. The molecule has 0 amide bonds. The van der Waals surface area contributed by atoms with Crippen LogP contribution in [0.4, 0.5) is 0 Å². The summed E-state index contributed by atoms with van der Waals surface area (Å²) in [5.74, 6) is 0.559. The van der Waals surface area contributed by atoms with Gasteiger partial charge in [0, 0.05) is 0 Å². The first-order valence-corrected chi connectivity index (χ1v) is 5.31. The van der Waals surface area contributed by atoms with Crippen LogP contribution in [0.1, 0.15) is 19.4 Å². The van der Waals surface area contributed by atoms with Crippen molar-refractivity contribution in [1.82, 2.24) is 0 Å². The Labute approximate surface area is 94.7 Å². The number of hydrogen-bond donors (Lipinski definition) is 0. The molecule has 1 heterocycles. The van der Waals surface area contributed by atoms with Crippen LogP contribution >= 0.6 is 0 Å². The number of carbonyl (C=O) groups excluding carboxylic acids is 1. The number of cyclic esters (lactones) is 1. The van der Waals surface area contributed by atoms with Gasteiger partial charge in [-0.25, -0.2) is 4.79 Å². The van der Waals surface area contributed by atoms with E-state index < -0.39 is 0 Å². The van der Waals surface area contributed by atoms with Gasteiger partial charge < -0.3 is 9.47 Å². The third-order valence-electron chi connectivity index (χ3n) is 2.26. The summed E-state index contributed by atoms with van der Waals surface area (Å²) >= 11 is 0. The van der Waals surface area contributed by atoms with Gasteiger partial charge in [0.05, 0.1) is 11.7 Å². The van der Waals surface area contributed by atoms with Gasteiger partial charge in [-0.1, -0.05) is 12.1 Å². The van der Waals surface area contributed by atoms with E-state index in [1.54, 1.807) is 6.08 Å². The first-order valence-electron chi connectivity index (χ1n) is 5.31. The van der Waals surface area contributed by atoms with Crippen molar-refractivity contribution in [2.24, 2.45) is 0 Å².